The number of hydrogen-bond acceptors (Lipinski definition) is 2. The molecule has 0 saturated carbocycles. The van der Waals surface area contributed by atoms with E-state index >= 15 is 0 Å². The molecule has 3 nitrogen and oxygen atoms in total. The van der Waals surface area contributed by atoms with Crippen molar-refractivity contribution in [2.24, 2.45) is 0 Å². The first-order valence-electron chi connectivity index (χ1n) is 6.87. The lowest BCUT2D eigenvalue weighted by atomic mass is 10.0. The second-order valence-electron chi connectivity index (χ2n) is 4.69. The van der Waals surface area contributed by atoms with Crippen molar-refractivity contribution in [1.29, 1.82) is 0 Å². The largest absolute Gasteiger partial charge is 0.322 e. The molecule has 0 aromatic heterocycles. The molecule has 0 aliphatic heterocycles. The highest BCUT2D eigenvalue weighted by Crippen LogP contribution is 2.14. The van der Waals surface area contributed by atoms with Gasteiger partial charge in [-0.1, -0.05) is 37.3 Å². The van der Waals surface area contributed by atoms with Crippen molar-refractivity contribution in [3.05, 3.63) is 65.2 Å². The van der Waals surface area contributed by atoms with Gasteiger partial charge >= 0.3 is 0 Å². The monoisotopic (exact) mass is 268 g/mol. The highest BCUT2D eigenvalue weighted by atomic mass is 16.1. The zero-order chi connectivity index (χ0) is 14.4. The Morgan fingerprint density at radius 3 is 2.40 bits per heavy atom. The summed E-state index contributed by atoms with van der Waals surface area (Å²) in [6, 6.07) is 15.6. The van der Waals surface area contributed by atoms with E-state index in [1.807, 2.05) is 55.6 Å². The summed E-state index contributed by atoms with van der Waals surface area (Å²) in [6.45, 7) is 2.88. The van der Waals surface area contributed by atoms with Crippen molar-refractivity contribution in [2.75, 3.05) is 12.4 Å². The number of benzene rings is 2. The summed E-state index contributed by atoms with van der Waals surface area (Å²) in [6.07, 6.45) is 0.852. The van der Waals surface area contributed by atoms with Crippen LogP contribution in [0, 0.1) is 0 Å². The lowest BCUT2D eigenvalue weighted by molar-refractivity contribution is 0.102. The molecule has 2 N–H and O–H groups in total. The Labute approximate surface area is 120 Å². The minimum absolute atomic E-state index is 0.0520. The molecule has 2 rings (SSSR count). The van der Waals surface area contributed by atoms with Crippen LogP contribution in [0.3, 0.4) is 0 Å². The van der Waals surface area contributed by atoms with Gasteiger partial charge in [0.2, 0.25) is 0 Å². The van der Waals surface area contributed by atoms with E-state index in [4.69, 9.17) is 0 Å². The van der Waals surface area contributed by atoms with Crippen LogP contribution >= 0.6 is 0 Å². The maximum Gasteiger partial charge on any atom is 0.255 e. The number of amides is 1. The molecule has 20 heavy (non-hydrogen) atoms. The Balaban J connectivity index is 2.11. The Morgan fingerprint density at radius 1 is 1.05 bits per heavy atom. The van der Waals surface area contributed by atoms with Crippen LogP contribution in [0.4, 0.5) is 5.69 Å². The molecular formula is C17H20N2O. The number of rotatable bonds is 5. The SMILES string of the molecule is CCc1ccccc1C(=O)Nc1ccc(CNC)cc1. The van der Waals surface area contributed by atoms with E-state index in [-0.39, 0.29) is 5.91 Å². The zero-order valence-electron chi connectivity index (χ0n) is 11.9. The summed E-state index contributed by atoms with van der Waals surface area (Å²) in [4.78, 5) is 12.3. The molecular weight excluding hydrogens is 248 g/mol. The normalized spacial score (nSPS) is 10.3. The average molecular weight is 268 g/mol. The lowest BCUT2D eigenvalue weighted by Gasteiger charge is -2.09. The first-order valence-corrected chi connectivity index (χ1v) is 6.87. The zero-order valence-corrected chi connectivity index (χ0v) is 11.9. The van der Waals surface area contributed by atoms with Crippen molar-refractivity contribution in [2.45, 2.75) is 19.9 Å². The number of carbonyl (C=O) groups excluding carboxylic acids is 1. The summed E-state index contributed by atoms with van der Waals surface area (Å²) in [5, 5.41) is 6.04. The van der Waals surface area contributed by atoms with Gasteiger partial charge < -0.3 is 10.6 Å². The van der Waals surface area contributed by atoms with Crippen LogP contribution in [0.15, 0.2) is 48.5 Å². The van der Waals surface area contributed by atoms with Crippen molar-refractivity contribution >= 4 is 11.6 Å². The van der Waals surface area contributed by atoms with E-state index in [9.17, 15) is 4.79 Å². The van der Waals surface area contributed by atoms with Gasteiger partial charge in [0.15, 0.2) is 0 Å². The second kappa shape index (κ2) is 6.87. The van der Waals surface area contributed by atoms with Crippen molar-refractivity contribution in [1.82, 2.24) is 5.32 Å². The first kappa shape index (κ1) is 14.3. The molecule has 0 bridgehead atoms. The molecule has 0 saturated heterocycles. The van der Waals surface area contributed by atoms with Crippen LogP contribution in [-0.2, 0) is 13.0 Å². The van der Waals surface area contributed by atoms with Crippen LogP contribution in [-0.4, -0.2) is 13.0 Å². The van der Waals surface area contributed by atoms with Gasteiger partial charge in [-0.2, -0.15) is 0 Å². The number of carbonyl (C=O) groups is 1. The topological polar surface area (TPSA) is 41.1 Å². The van der Waals surface area contributed by atoms with Crippen molar-refractivity contribution < 1.29 is 4.79 Å². The maximum absolute atomic E-state index is 12.3. The predicted molar refractivity (Wildman–Crippen MR) is 83.0 cm³/mol. The third-order valence-corrected chi connectivity index (χ3v) is 3.24. The number of nitrogens with one attached hydrogen (secondary N) is 2. The first-order chi connectivity index (χ1) is 9.74. The van der Waals surface area contributed by atoms with E-state index in [2.05, 4.69) is 17.6 Å². The summed E-state index contributed by atoms with van der Waals surface area (Å²) < 4.78 is 0. The highest BCUT2D eigenvalue weighted by molar-refractivity contribution is 6.05. The van der Waals surface area contributed by atoms with Gasteiger partial charge in [-0.3, -0.25) is 4.79 Å². The molecule has 1 amide bonds. The Bertz CT molecular complexity index is 576. The fourth-order valence-corrected chi connectivity index (χ4v) is 2.16. The Kier molecular flexibility index (Phi) is 4.91. The highest BCUT2D eigenvalue weighted by Gasteiger charge is 2.09. The number of aryl methyl sites for hydroxylation is 1. The Morgan fingerprint density at radius 2 is 1.75 bits per heavy atom. The van der Waals surface area contributed by atoms with Gasteiger partial charge in [0.05, 0.1) is 0 Å². The maximum atomic E-state index is 12.3. The van der Waals surface area contributed by atoms with E-state index in [1.54, 1.807) is 0 Å². The minimum Gasteiger partial charge on any atom is -0.322 e. The fourth-order valence-electron chi connectivity index (χ4n) is 2.16. The van der Waals surface area contributed by atoms with Gasteiger partial charge in [-0.15, -0.1) is 0 Å². The molecule has 0 aliphatic rings. The fraction of sp³-hybridized carbons (Fsp3) is 0.235. The van der Waals surface area contributed by atoms with E-state index in [1.165, 1.54) is 5.56 Å². The van der Waals surface area contributed by atoms with Gasteiger partial charge in [0.1, 0.15) is 0 Å². The molecule has 2 aromatic carbocycles. The smallest absolute Gasteiger partial charge is 0.255 e. The van der Waals surface area contributed by atoms with Gasteiger partial charge in [-0.25, -0.2) is 0 Å². The van der Waals surface area contributed by atoms with Crippen molar-refractivity contribution in [3.63, 3.8) is 0 Å². The van der Waals surface area contributed by atoms with Crippen LogP contribution < -0.4 is 10.6 Å². The summed E-state index contributed by atoms with van der Waals surface area (Å²) in [5.41, 5.74) is 3.83. The quantitative estimate of drug-likeness (QED) is 0.874. The van der Waals surface area contributed by atoms with E-state index in [0.29, 0.717) is 0 Å². The molecule has 0 atom stereocenters. The van der Waals surface area contributed by atoms with Gasteiger partial charge in [0, 0.05) is 17.8 Å². The summed E-state index contributed by atoms with van der Waals surface area (Å²) in [7, 11) is 1.91. The molecule has 0 aliphatic carbocycles. The van der Waals surface area contributed by atoms with Gasteiger partial charge in [-0.05, 0) is 42.8 Å². The van der Waals surface area contributed by atoms with Gasteiger partial charge in [0.25, 0.3) is 5.91 Å². The second-order valence-corrected chi connectivity index (χ2v) is 4.69. The summed E-state index contributed by atoms with van der Waals surface area (Å²) in [5.74, 6) is -0.0520. The third-order valence-electron chi connectivity index (χ3n) is 3.24. The average Bonchev–Trinajstić information content (AvgIpc) is 2.49. The van der Waals surface area contributed by atoms with Crippen LogP contribution in [0.2, 0.25) is 0 Å². The Hall–Kier alpha value is -2.13. The van der Waals surface area contributed by atoms with Crippen LogP contribution in [0.5, 0.6) is 0 Å². The van der Waals surface area contributed by atoms with Crippen LogP contribution in [0.1, 0.15) is 28.4 Å². The molecule has 0 radical (unpaired) electrons. The number of anilines is 1. The van der Waals surface area contributed by atoms with Crippen LogP contribution in [0.25, 0.3) is 0 Å². The van der Waals surface area contributed by atoms with Crippen molar-refractivity contribution in [3.8, 4) is 0 Å². The molecule has 0 fully saturated rings. The molecule has 104 valence electrons. The predicted octanol–water partition coefficient (Wildman–Crippen LogP) is 3.22. The minimum atomic E-state index is -0.0520. The molecule has 0 unspecified atom stereocenters. The molecule has 0 heterocycles. The number of hydrogen-bond donors (Lipinski definition) is 2. The lowest BCUT2D eigenvalue weighted by Crippen LogP contribution is -2.14. The molecule has 2 aromatic rings. The molecule has 3 heteroatoms. The van der Waals surface area contributed by atoms with E-state index < -0.39 is 0 Å². The van der Waals surface area contributed by atoms with E-state index in [0.717, 1.165) is 29.8 Å². The standard InChI is InChI=1S/C17H20N2O/c1-3-14-6-4-5-7-16(14)17(20)19-15-10-8-13(9-11-15)12-18-2/h4-11,18H,3,12H2,1-2H3,(H,19,20). The summed E-state index contributed by atoms with van der Waals surface area (Å²) >= 11 is 0. The third kappa shape index (κ3) is 3.45. The molecule has 0 spiro atoms.